The monoisotopic (exact) mass is 220 g/mol. The molecule has 0 aromatic carbocycles. The summed E-state index contributed by atoms with van der Waals surface area (Å²) in [6, 6.07) is 3.86. The van der Waals surface area contributed by atoms with Gasteiger partial charge >= 0.3 is 7.12 Å². The lowest BCUT2D eigenvalue weighted by atomic mass is 9.81. The van der Waals surface area contributed by atoms with E-state index in [0.717, 1.165) is 12.4 Å². The van der Waals surface area contributed by atoms with E-state index >= 15 is 0 Å². The summed E-state index contributed by atoms with van der Waals surface area (Å²) < 4.78 is 0. The molecule has 2 rings (SSSR count). The third-order valence-corrected chi connectivity index (χ3v) is 3.16. The molecule has 1 atom stereocenters. The van der Waals surface area contributed by atoms with Crippen molar-refractivity contribution in [3.63, 3.8) is 0 Å². The van der Waals surface area contributed by atoms with E-state index in [4.69, 9.17) is 10.0 Å². The molecule has 4 nitrogen and oxygen atoms in total. The highest BCUT2D eigenvalue weighted by atomic mass is 16.4. The SMILES string of the molecule is CC1CCCCN1c1cc(B(O)O)ccn1. The van der Waals surface area contributed by atoms with Crippen LogP contribution >= 0.6 is 0 Å². The Labute approximate surface area is 96.1 Å². The Morgan fingerprint density at radius 2 is 2.25 bits per heavy atom. The first-order chi connectivity index (χ1) is 7.68. The summed E-state index contributed by atoms with van der Waals surface area (Å²) in [6.07, 6.45) is 5.25. The van der Waals surface area contributed by atoms with E-state index in [0.29, 0.717) is 11.5 Å². The summed E-state index contributed by atoms with van der Waals surface area (Å²) in [5, 5.41) is 18.2. The van der Waals surface area contributed by atoms with E-state index in [1.807, 2.05) is 0 Å². The smallest absolute Gasteiger partial charge is 0.423 e. The van der Waals surface area contributed by atoms with Crippen LogP contribution in [0.15, 0.2) is 18.3 Å². The van der Waals surface area contributed by atoms with Gasteiger partial charge in [0.2, 0.25) is 0 Å². The predicted octanol–water partition coefficient (Wildman–Crippen LogP) is 0.140. The summed E-state index contributed by atoms with van der Waals surface area (Å²) in [5.74, 6) is 0.845. The molecule has 2 heterocycles. The maximum Gasteiger partial charge on any atom is 0.488 e. The Bertz CT molecular complexity index is 360. The van der Waals surface area contributed by atoms with Crippen molar-refractivity contribution >= 4 is 18.4 Å². The lowest BCUT2D eigenvalue weighted by Gasteiger charge is -2.34. The van der Waals surface area contributed by atoms with Crippen LogP contribution in [0.25, 0.3) is 0 Å². The van der Waals surface area contributed by atoms with E-state index < -0.39 is 7.12 Å². The quantitative estimate of drug-likeness (QED) is 0.696. The Morgan fingerprint density at radius 1 is 1.44 bits per heavy atom. The highest BCUT2D eigenvalue weighted by Gasteiger charge is 2.21. The van der Waals surface area contributed by atoms with Crippen LogP contribution in [-0.2, 0) is 0 Å². The lowest BCUT2D eigenvalue weighted by molar-refractivity contribution is 0.425. The van der Waals surface area contributed by atoms with Crippen LogP contribution in [0.2, 0.25) is 0 Å². The molecule has 1 aliphatic heterocycles. The zero-order chi connectivity index (χ0) is 11.5. The molecule has 0 radical (unpaired) electrons. The molecule has 0 amide bonds. The van der Waals surface area contributed by atoms with Gasteiger partial charge < -0.3 is 14.9 Å². The molecule has 0 spiro atoms. The average molecular weight is 220 g/mol. The van der Waals surface area contributed by atoms with Gasteiger partial charge in [-0.3, -0.25) is 0 Å². The van der Waals surface area contributed by atoms with Gasteiger partial charge in [-0.05, 0) is 43.8 Å². The van der Waals surface area contributed by atoms with Crippen LogP contribution in [0.5, 0.6) is 0 Å². The van der Waals surface area contributed by atoms with Crippen molar-refractivity contribution in [1.29, 1.82) is 0 Å². The van der Waals surface area contributed by atoms with Crippen molar-refractivity contribution in [2.75, 3.05) is 11.4 Å². The molecular weight excluding hydrogens is 203 g/mol. The van der Waals surface area contributed by atoms with Crippen molar-refractivity contribution in [3.8, 4) is 0 Å². The molecule has 5 heteroatoms. The maximum absolute atomic E-state index is 9.12. The Kier molecular flexibility index (Phi) is 3.46. The fourth-order valence-corrected chi connectivity index (χ4v) is 2.19. The number of piperidine rings is 1. The number of hydrogen-bond donors (Lipinski definition) is 2. The van der Waals surface area contributed by atoms with Gasteiger partial charge in [-0.15, -0.1) is 0 Å². The fourth-order valence-electron chi connectivity index (χ4n) is 2.19. The topological polar surface area (TPSA) is 56.6 Å². The van der Waals surface area contributed by atoms with Gasteiger partial charge in [0.05, 0.1) is 0 Å². The molecule has 0 saturated carbocycles. The average Bonchev–Trinajstić information content (AvgIpc) is 2.30. The van der Waals surface area contributed by atoms with Crippen LogP contribution in [0.4, 0.5) is 5.82 Å². The zero-order valence-electron chi connectivity index (χ0n) is 9.50. The molecular formula is C11H17BN2O2. The Morgan fingerprint density at radius 3 is 2.94 bits per heavy atom. The minimum Gasteiger partial charge on any atom is -0.423 e. The predicted molar refractivity (Wildman–Crippen MR) is 64.7 cm³/mol. The molecule has 0 bridgehead atoms. The highest BCUT2D eigenvalue weighted by Crippen LogP contribution is 2.21. The van der Waals surface area contributed by atoms with Crippen LogP contribution in [-0.4, -0.2) is 34.7 Å². The van der Waals surface area contributed by atoms with Crippen molar-refractivity contribution < 1.29 is 10.0 Å². The zero-order valence-corrected chi connectivity index (χ0v) is 9.50. The minimum atomic E-state index is -1.41. The van der Waals surface area contributed by atoms with Crippen molar-refractivity contribution in [1.82, 2.24) is 4.98 Å². The highest BCUT2D eigenvalue weighted by molar-refractivity contribution is 6.58. The maximum atomic E-state index is 9.12. The molecule has 1 aromatic heterocycles. The van der Waals surface area contributed by atoms with E-state index in [9.17, 15) is 0 Å². The van der Waals surface area contributed by atoms with Gasteiger partial charge in [-0.1, -0.05) is 0 Å². The number of hydrogen-bond acceptors (Lipinski definition) is 4. The minimum absolute atomic E-state index is 0.479. The van der Waals surface area contributed by atoms with Crippen molar-refractivity contribution in [3.05, 3.63) is 18.3 Å². The third kappa shape index (κ3) is 2.36. The largest absolute Gasteiger partial charge is 0.488 e. The summed E-state index contributed by atoms with van der Waals surface area (Å²) in [4.78, 5) is 6.53. The summed E-state index contributed by atoms with van der Waals surface area (Å²) >= 11 is 0. The second kappa shape index (κ2) is 4.85. The van der Waals surface area contributed by atoms with E-state index in [1.165, 1.54) is 19.3 Å². The van der Waals surface area contributed by atoms with E-state index in [1.54, 1.807) is 18.3 Å². The lowest BCUT2D eigenvalue weighted by Crippen LogP contribution is -2.39. The van der Waals surface area contributed by atoms with Crippen LogP contribution in [0.3, 0.4) is 0 Å². The molecule has 0 aliphatic carbocycles. The fraction of sp³-hybridized carbons (Fsp3) is 0.545. The molecule has 1 unspecified atom stereocenters. The van der Waals surface area contributed by atoms with Gasteiger partial charge in [0.25, 0.3) is 0 Å². The standard InChI is InChI=1S/C11H17BN2O2/c1-9-4-2-3-7-14(9)11-8-10(12(15)16)5-6-13-11/h5-6,8-9,15-16H,2-4,7H2,1H3. The molecule has 2 N–H and O–H groups in total. The number of nitrogens with zero attached hydrogens (tertiary/aromatic N) is 2. The molecule has 1 fully saturated rings. The summed E-state index contributed by atoms with van der Waals surface area (Å²) in [7, 11) is -1.41. The van der Waals surface area contributed by atoms with E-state index in [2.05, 4.69) is 16.8 Å². The molecule has 1 aliphatic rings. The molecule has 16 heavy (non-hydrogen) atoms. The van der Waals surface area contributed by atoms with Gasteiger partial charge in [-0.2, -0.15) is 0 Å². The van der Waals surface area contributed by atoms with Gasteiger partial charge in [-0.25, -0.2) is 4.98 Å². The third-order valence-electron chi connectivity index (χ3n) is 3.16. The Balaban J connectivity index is 2.21. The first-order valence-electron chi connectivity index (χ1n) is 5.77. The number of pyridine rings is 1. The van der Waals surface area contributed by atoms with Gasteiger partial charge in [0, 0.05) is 18.8 Å². The van der Waals surface area contributed by atoms with Gasteiger partial charge in [0.1, 0.15) is 5.82 Å². The second-order valence-electron chi connectivity index (χ2n) is 4.36. The normalized spacial score (nSPS) is 20.9. The van der Waals surface area contributed by atoms with Crippen LogP contribution in [0, 0.1) is 0 Å². The van der Waals surface area contributed by atoms with Gasteiger partial charge in [0.15, 0.2) is 0 Å². The second-order valence-corrected chi connectivity index (χ2v) is 4.36. The first-order valence-corrected chi connectivity index (χ1v) is 5.77. The number of rotatable bonds is 2. The summed E-state index contributed by atoms with van der Waals surface area (Å²) in [5.41, 5.74) is 0.503. The summed E-state index contributed by atoms with van der Waals surface area (Å²) in [6.45, 7) is 3.18. The van der Waals surface area contributed by atoms with E-state index in [-0.39, 0.29) is 0 Å². The van der Waals surface area contributed by atoms with Crippen LogP contribution in [0.1, 0.15) is 26.2 Å². The number of anilines is 1. The molecule has 1 saturated heterocycles. The van der Waals surface area contributed by atoms with Crippen molar-refractivity contribution in [2.24, 2.45) is 0 Å². The van der Waals surface area contributed by atoms with Crippen LogP contribution < -0.4 is 10.4 Å². The Hall–Kier alpha value is -1.07. The first kappa shape index (κ1) is 11.4. The molecule has 1 aromatic rings. The molecule has 86 valence electrons. The number of aromatic nitrogens is 1. The van der Waals surface area contributed by atoms with Crippen molar-refractivity contribution in [2.45, 2.75) is 32.2 Å².